The maximum Gasteiger partial charge on any atom is 0.339 e. The van der Waals surface area contributed by atoms with Crippen molar-refractivity contribution in [1.82, 2.24) is 0 Å². The molecule has 0 atom stereocenters. The van der Waals surface area contributed by atoms with Crippen LogP contribution in [-0.4, -0.2) is 11.1 Å². The average molecular weight is 228 g/mol. The van der Waals surface area contributed by atoms with E-state index in [1.165, 1.54) is 0 Å². The molecule has 4 nitrogen and oxygen atoms in total. The summed E-state index contributed by atoms with van der Waals surface area (Å²) in [5.41, 5.74) is 7.31. The Morgan fingerprint density at radius 3 is 2.41 bits per heavy atom. The summed E-state index contributed by atoms with van der Waals surface area (Å²) < 4.78 is 0. The molecule has 2 aromatic rings. The molecule has 0 saturated heterocycles. The zero-order valence-electron chi connectivity index (χ0n) is 9.05. The summed E-state index contributed by atoms with van der Waals surface area (Å²) in [4.78, 5) is 11.1. The first kappa shape index (κ1) is 11.0. The lowest BCUT2D eigenvalue weighted by atomic mass is 10.1. The molecule has 0 aromatic heterocycles. The van der Waals surface area contributed by atoms with Crippen molar-refractivity contribution in [2.24, 2.45) is 0 Å². The van der Waals surface area contributed by atoms with Crippen LogP contribution in [0.1, 0.15) is 10.4 Å². The number of nitrogens with one attached hydrogen (secondary N) is 1. The number of benzene rings is 2. The van der Waals surface area contributed by atoms with Crippen LogP contribution in [0.15, 0.2) is 48.5 Å². The summed E-state index contributed by atoms with van der Waals surface area (Å²) >= 11 is 0. The average Bonchev–Trinajstić information content (AvgIpc) is 2.30. The second-order valence-electron chi connectivity index (χ2n) is 3.57. The SMILES string of the molecule is Nc1cccc(Nc2ccccc2)c1C(=O)O. The van der Waals surface area contributed by atoms with Crippen molar-refractivity contribution in [3.8, 4) is 0 Å². The van der Waals surface area contributed by atoms with Crippen LogP contribution in [0.5, 0.6) is 0 Å². The Bertz CT molecular complexity index is 538. The van der Waals surface area contributed by atoms with Crippen molar-refractivity contribution in [2.45, 2.75) is 0 Å². The van der Waals surface area contributed by atoms with Gasteiger partial charge in [-0.05, 0) is 24.3 Å². The predicted molar refractivity (Wildman–Crippen MR) is 67.5 cm³/mol. The highest BCUT2D eigenvalue weighted by molar-refractivity contribution is 6.00. The first-order valence-electron chi connectivity index (χ1n) is 5.12. The molecule has 0 bridgehead atoms. The molecule has 4 N–H and O–H groups in total. The van der Waals surface area contributed by atoms with Crippen molar-refractivity contribution >= 4 is 23.0 Å². The maximum atomic E-state index is 11.1. The van der Waals surface area contributed by atoms with Crippen LogP contribution in [0.4, 0.5) is 17.1 Å². The predicted octanol–water partition coefficient (Wildman–Crippen LogP) is 2.71. The third-order valence-electron chi connectivity index (χ3n) is 2.36. The van der Waals surface area contributed by atoms with Gasteiger partial charge < -0.3 is 16.2 Å². The van der Waals surface area contributed by atoms with Crippen LogP contribution in [0.2, 0.25) is 0 Å². The van der Waals surface area contributed by atoms with Gasteiger partial charge in [0, 0.05) is 11.4 Å². The van der Waals surface area contributed by atoms with Gasteiger partial charge in [0.2, 0.25) is 0 Å². The Kier molecular flexibility index (Phi) is 2.96. The van der Waals surface area contributed by atoms with Gasteiger partial charge in [0.15, 0.2) is 0 Å². The van der Waals surface area contributed by atoms with Gasteiger partial charge >= 0.3 is 5.97 Å². The Balaban J connectivity index is 2.40. The molecule has 2 aromatic carbocycles. The first-order valence-corrected chi connectivity index (χ1v) is 5.12. The normalized spacial score (nSPS) is 9.88. The van der Waals surface area contributed by atoms with Crippen LogP contribution >= 0.6 is 0 Å². The number of para-hydroxylation sites is 1. The smallest absolute Gasteiger partial charge is 0.339 e. The maximum absolute atomic E-state index is 11.1. The molecule has 0 aliphatic heterocycles. The fraction of sp³-hybridized carbons (Fsp3) is 0. The fourth-order valence-corrected chi connectivity index (χ4v) is 1.59. The number of aromatic carboxylic acids is 1. The molecular weight excluding hydrogens is 216 g/mol. The number of carboxylic acid groups (broad SMARTS) is 1. The molecule has 4 heteroatoms. The van der Waals surface area contributed by atoms with E-state index >= 15 is 0 Å². The van der Waals surface area contributed by atoms with E-state index in [0.29, 0.717) is 5.69 Å². The molecule has 0 unspecified atom stereocenters. The molecule has 2 rings (SSSR count). The van der Waals surface area contributed by atoms with Crippen molar-refractivity contribution in [2.75, 3.05) is 11.1 Å². The van der Waals surface area contributed by atoms with Crippen LogP contribution < -0.4 is 11.1 Å². The van der Waals surface area contributed by atoms with Crippen LogP contribution in [-0.2, 0) is 0 Å². The number of nitrogen functional groups attached to an aromatic ring is 1. The quantitative estimate of drug-likeness (QED) is 0.706. The molecule has 0 aliphatic carbocycles. The van der Waals surface area contributed by atoms with E-state index in [0.717, 1.165) is 5.69 Å². The summed E-state index contributed by atoms with van der Waals surface area (Å²) in [7, 11) is 0. The lowest BCUT2D eigenvalue weighted by Crippen LogP contribution is -2.06. The van der Waals surface area contributed by atoms with E-state index in [2.05, 4.69) is 5.32 Å². The number of rotatable bonds is 3. The first-order chi connectivity index (χ1) is 8.18. The molecule has 0 heterocycles. The minimum atomic E-state index is -1.04. The Hall–Kier alpha value is -2.49. The molecule has 86 valence electrons. The highest BCUT2D eigenvalue weighted by Gasteiger charge is 2.13. The summed E-state index contributed by atoms with van der Waals surface area (Å²) in [6.07, 6.45) is 0. The number of nitrogens with two attached hydrogens (primary N) is 1. The third-order valence-corrected chi connectivity index (χ3v) is 2.36. The molecule has 0 amide bonds. The van der Waals surface area contributed by atoms with E-state index in [9.17, 15) is 4.79 Å². The van der Waals surface area contributed by atoms with E-state index in [4.69, 9.17) is 10.8 Å². The Morgan fingerprint density at radius 2 is 1.76 bits per heavy atom. The Morgan fingerprint density at radius 1 is 1.06 bits per heavy atom. The van der Waals surface area contributed by atoms with Crippen molar-refractivity contribution in [3.63, 3.8) is 0 Å². The highest BCUT2D eigenvalue weighted by Crippen LogP contribution is 2.25. The number of carbonyl (C=O) groups is 1. The van der Waals surface area contributed by atoms with E-state index in [1.807, 2.05) is 30.3 Å². The molecule has 17 heavy (non-hydrogen) atoms. The zero-order valence-corrected chi connectivity index (χ0v) is 9.05. The van der Waals surface area contributed by atoms with Crippen LogP contribution in [0.3, 0.4) is 0 Å². The van der Waals surface area contributed by atoms with Gasteiger partial charge in [0.05, 0.1) is 5.69 Å². The number of anilines is 3. The van der Waals surface area contributed by atoms with Crippen LogP contribution in [0.25, 0.3) is 0 Å². The molecule has 0 fully saturated rings. The second-order valence-corrected chi connectivity index (χ2v) is 3.57. The highest BCUT2D eigenvalue weighted by atomic mass is 16.4. The van der Waals surface area contributed by atoms with Gasteiger partial charge in [-0.25, -0.2) is 4.79 Å². The van der Waals surface area contributed by atoms with Crippen molar-refractivity contribution in [3.05, 3.63) is 54.1 Å². The standard InChI is InChI=1S/C13H12N2O2/c14-10-7-4-8-11(12(10)13(16)17)15-9-5-2-1-3-6-9/h1-8,15H,14H2,(H,16,17). The molecule has 0 spiro atoms. The zero-order chi connectivity index (χ0) is 12.3. The monoisotopic (exact) mass is 228 g/mol. The van der Waals surface area contributed by atoms with Crippen LogP contribution in [0, 0.1) is 0 Å². The van der Waals surface area contributed by atoms with E-state index < -0.39 is 5.97 Å². The van der Waals surface area contributed by atoms with Gasteiger partial charge in [0.25, 0.3) is 0 Å². The number of hydrogen-bond acceptors (Lipinski definition) is 3. The van der Waals surface area contributed by atoms with Crippen molar-refractivity contribution < 1.29 is 9.90 Å². The van der Waals surface area contributed by atoms with Gasteiger partial charge in [0.1, 0.15) is 5.56 Å². The number of hydrogen-bond donors (Lipinski definition) is 3. The number of carboxylic acids is 1. The molecule has 0 saturated carbocycles. The van der Waals surface area contributed by atoms with E-state index in [-0.39, 0.29) is 11.3 Å². The summed E-state index contributed by atoms with van der Waals surface area (Å²) in [6.45, 7) is 0. The summed E-state index contributed by atoms with van der Waals surface area (Å²) in [5.74, 6) is -1.04. The molecular formula is C13H12N2O2. The minimum absolute atomic E-state index is 0.0938. The lowest BCUT2D eigenvalue weighted by molar-refractivity contribution is 0.0699. The van der Waals surface area contributed by atoms with Gasteiger partial charge in [-0.1, -0.05) is 24.3 Å². The Labute approximate surface area is 98.7 Å². The van der Waals surface area contributed by atoms with E-state index in [1.54, 1.807) is 18.2 Å². The fourth-order valence-electron chi connectivity index (χ4n) is 1.59. The van der Waals surface area contributed by atoms with Gasteiger partial charge in [-0.3, -0.25) is 0 Å². The minimum Gasteiger partial charge on any atom is -0.478 e. The third kappa shape index (κ3) is 2.36. The largest absolute Gasteiger partial charge is 0.478 e. The van der Waals surface area contributed by atoms with Gasteiger partial charge in [-0.15, -0.1) is 0 Å². The van der Waals surface area contributed by atoms with Gasteiger partial charge in [-0.2, -0.15) is 0 Å². The topological polar surface area (TPSA) is 75.3 Å². The lowest BCUT2D eigenvalue weighted by Gasteiger charge is -2.11. The second kappa shape index (κ2) is 4.57. The molecule has 0 radical (unpaired) electrons. The molecule has 0 aliphatic rings. The van der Waals surface area contributed by atoms with Crippen molar-refractivity contribution in [1.29, 1.82) is 0 Å². The summed E-state index contributed by atoms with van der Waals surface area (Å²) in [6, 6.07) is 14.3. The summed E-state index contributed by atoms with van der Waals surface area (Å²) in [5, 5.41) is 12.1.